The molecular formula is C82H74N4. The topological polar surface area (TPSA) is 15.3 Å². The monoisotopic (exact) mass is 1110 g/mol. The Balaban J connectivity index is 1.06. The van der Waals surface area contributed by atoms with Crippen LogP contribution in [0.15, 0.2) is 231 Å². The molecule has 0 aliphatic rings. The average Bonchev–Trinajstić information content (AvgIpc) is 1.52. The van der Waals surface area contributed by atoms with Crippen LogP contribution in [0.4, 0.5) is 34.1 Å². The van der Waals surface area contributed by atoms with Crippen LogP contribution in [0.3, 0.4) is 0 Å². The van der Waals surface area contributed by atoms with E-state index in [-0.39, 0.29) is 21.7 Å². The Morgan fingerprint density at radius 3 is 0.988 bits per heavy atom. The van der Waals surface area contributed by atoms with Crippen LogP contribution in [-0.2, 0) is 21.7 Å². The van der Waals surface area contributed by atoms with Crippen molar-refractivity contribution >= 4 is 110 Å². The van der Waals surface area contributed by atoms with Crippen LogP contribution >= 0.6 is 0 Å². The Morgan fingerprint density at radius 2 is 0.628 bits per heavy atom. The fourth-order valence-corrected chi connectivity index (χ4v) is 14.3. The summed E-state index contributed by atoms with van der Waals surface area (Å²) in [5.41, 5.74) is 24.0. The third kappa shape index (κ3) is 8.16. The van der Waals surface area contributed by atoms with Gasteiger partial charge in [0.1, 0.15) is 0 Å². The smallest absolute Gasteiger partial charge is 0.0641 e. The van der Waals surface area contributed by atoms with Crippen molar-refractivity contribution in [2.45, 2.75) is 105 Å². The van der Waals surface area contributed by atoms with Crippen molar-refractivity contribution in [3.63, 3.8) is 0 Å². The lowest BCUT2D eigenvalue weighted by Gasteiger charge is -2.29. The van der Waals surface area contributed by atoms with E-state index in [1.54, 1.807) is 0 Å². The summed E-state index contributed by atoms with van der Waals surface area (Å²) in [5.74, 6) is 0. The molecule has 4 nitrogen and oxygen atoms in total. The van der Waals surface area contributed by atoms with Crippen LogP contribution in [0.25, 0.3) is 98.4 Å². The zero-order valence-electron chi connectivity index (χ0n) is 51.7. The second-order valence-corrected chi connectivity index (χ2v) is 28.2. The van der Waals surface area contributed by atoms with Crippen molar-refractivity contribution in [2.75, 3.05) is 9.80 Å². The molecule has 0 bridgehead atoms. The highest BCUT2D eigenvalue weighted by Crippen LogP contribution is 2.54. The van der Waals surface area contributed by atoms with Gasteiger partial charge in [-0.1, -0.05) is 253 Å². The van der Waals surface area contributed by atoms with Crippen LogP contribution < -0.4 is 9.80 Å². The second kappa shape index (κ2) is 19.1. The van der Waals surface area contributed by atoms with Crippen molar-refractivity contribution < 1.29 is 0 Å². The van der Waals surface area contributed by atoms with Gasteiger partial charge < -0.3 is 18.6 Å². The first-order valence-corrected chi connectivity index (χ1v) is 30.8. The molecule has 86 heavy (non-hydrogen) atoms. The first kappa shape index (κ1) is 53.4. The van der Waals surface area contributed by atoms with Crippen LogP contribution in [0.1, 0.15) is 105 Å². The number of aromatic nitrogens is 2. The molecule has 11 aromatic carbocycles. The molecule has 0 aliphatic heterocycles. The molecule has 4 heteroatoms. The van der Waals surface area contributed by atoms with Gasteiger partial charge >= 0.3 is 0 Å². The summed E-state index contributed by atoms with van der Waals surface area (Å²) in [5, 5.41) is 10.0. The fourth-order valence-electron chi connectivity index (χ4n) is 14.3. The molecule has 0 N–H and O–H groups in total. The lowest BCUT2D eigenvalue weighted by atomic mass is 9.85. The number of nitrogens with zero attached hydrogens (tertiary/aromatic N) is 4. The van der Waals surface area contributed by atoms with E-state index in [4.69, 9.17) is 0 Å². The van der Waals surface area contributed by atoms with Crippen LogP contribution in [-0.4, -0.2) is 8.80 Å². The fraction of sp³-hybridized carbons (Fsp3) is 0.195. The maximum absolute atomic E-state index is 2.66. The van der Waals surface area contributed by atoms with Gasteiger partial charge in [0.2, 0.25) is 0 Å². The highest BCUT2D eigenvalue weighted by Gasteiger charge is 2.33. The molecule has 0 unspecified atom stereocenters. The standard InChI is InChI=1S/C82H74N4/c1-79(2,3)53-37-41-55(42-38-53)83(67-35-21-19-29-57(67)51-25-15-13-16-26-51)69-47-45-59-63-49-72-64(50-71(63)85-75-61(73(69)77(59)85)31-23-33-65(75)81(7,8)9)60-46-48-70(74-62-32-24-34-66(82(10,11)12)76(62)86(72)78(60)74)84(56-43-39-54(40-44-56)80(4,5)6)68-36-22-20-30-58(68)52-27-17-14-18-28-52/h13-50H,1-12H3. The number of anilines is 6. The number of fused-ring (bicyclic) bond motifs is 12. The van der Waals surface area contributed by atoms with Gasteiger partial charge in [-0.05, 0) is 116 Å². The molecule has 0 radical (unpaired) electrons. The van der Waals surface area contributed by atoms with E-state index in [1.807, 2.05) is 0 Å². The zero-order chi connectivity index (χ0) is 59.3. The molecular weight excluding hydrogens is 1040 g/mol. The summed E-state index contributed by atoms with van der Waals surface area (Å²) >= 11 is 0. The van der Waals surface area contributed by atoms with Gasteiger partial charge in [0.05, 0.1) is 55.8 Å². The van der Waals surface area contributed by atoms with Gasteiger partial charge in [-0.2, -0.15) is 0 Å². The zero-order valence-corrected chi connectivity index (χ0v) is 51.7. The highest BCUT2D eigenvalue weighted by atomic mass is 15.2. The van der Waals surface area contributed by atoms with E-state index in [1.165, 1.54) is 121 Å². The largest absolute Gasteiger partial charge is 0.309 e. The molecule has 15 aromatic rings. The number of para-hydroxylation sites is 4. The van der Waals surface area contributed by atoms with Crippen LogP contribution in [0, 0.1) is 0 Å². The molecule has 0 saturated heterocycles. The van der Waals surface area contributed by atoms with Gasteiger partial charge in [0.15, 0.2) is 0 Å². The van der Waals surface area contributed by atoms with E-state index < -0.39 is 0 Å². The van der Waals surface area contributed by atoms with Gasteiger partial charge in [0.25, 0.3) is 0 Å². The summed E-state index contributed by atoms with van der Waals surface area (Å²) < 4.78 is 5.32. The minimum atomic E-state index is -0.156. The van der Waals surface area contributed by atoms with E-state index in [0.29, 0.717) is 0 Å². The SMILES string of the molecule is CC(C)(C)c1ccc(N(c2ccccc2-c2ccccc2)c2ccc3c4cc5c(cc4n4c6c(C(C)(C)C)cccc6c2c34)c2ccc(N(c3ccc(C(C)(C)C)cc3)c3ccccc3-c3ccccc3)c3c4cccc(C(C)(C)C)c4n5c23)cc1. The van der Waals surface area contributed by atoms with E-state index in [0.717, 1.165) is 34.1 Å². The normalized spacial score (nSPS) is 12.9. The van der Waals surface area contributed by atoms with Crippen molar-refractivity contribution in [1.29, 1.82) is 0 Å². The molecule has 0 spiro atoms. The molecule has 0 atom stereocenters. The first-order chi connectivity index (χ1) is 41.3. The maximum atomic E-state index is 2.66. The van der Waals surface area contributed by atoms with Crippen molar-refractivity contribution in [2.24, 2.45) is 0 Å². The second-order valence-electron chi connectivity index (χ2n) is 28.2. The van der Waals surface area contributed by atoms with E-state index >= 15 is 0 Å². The van der Waals surface area contributed by atoms with E-state index in [9.17, 15) is 0 Å². The molecule has 0 amide bonds. The summed E-state index contributed by atoms with van der Waals surface area (Å²) in [6.45, 7) is 28.0. The van der Waals surface area contributed by atoms with Crippen molar-refractivity contribution in [3.8, 4) is 22.3 Å². The molecule has 0 aliphatic carbocycles. The Morgan fingerprint density at radius 1 is 0.267 bits per heavy atom. The minimum Gasteiger partial charge on any atom is -0.309 e. The first-order valence-electron chi connectivity index (χ1n) is 30.8. The molecule has 422 valence electrons. The Kier molecular flexibility index (Phi) is 11.8. The number of hydrogen-bond acceptors (Lipinski definition) is 2. The van der Waals surface area contributed by atoms with Gasteiger partial charge in [0, 0.05) is 65.6 Å². The minimum absolute atomic E-state index is 0.00562. The summed E-state index contributed by atoms with van der Waals surface area (Å²) in [6.07, 6.45) is 0. The number of benzene rings is 11. The Labute approximate surface area is 505 Å². The van der Waals surface area contributed by atoms with Crippen molar-refractivity contribution in [3.05, 3.63) is 253 Å². The molecule has 15 rings (SSSR count). The quantitative estimate of drug-likeness (QED) is 0.151. The van der Waals surface area contributed by atoms with Gasteiger partial charge in [-0.15, -0.1) is 0 Å². The lowest BCUT2D eigenvalue weighted by Crippen LogP contribution is -2.14. The predicted octanol–water partition coefficient (Wildman–Crippen LogP) is 23.5. The average molecular weight is 1120 g/mol. The van der Waals surface area contributed by atoms with E-state index in [2.05, 4.69) is 332 Å². The maximum Gasteiger partial charge on any atom is 0.0641 e. The number of hydrogen-bond donors (Lipinski definition) is 0. The third-order valence-corrected chi connectivity index (χ3v) is 18.5. The predicted molar refractivity (Wildman–Crippen MR) is 371 cm³/mol. The molecule has 0 saturated carbocycles. The Bertz CT molecular complexity index is 4780. The lowest BCUT2D eigenvalue weighted by molar-refractivity contribution is 0.590. The molecule has 4 aromatic heterocycles. The summed E-state index contributed by atoms with van der Waals surface area (Å²) in [7, 11) is 0. The molecule has 0 fully saturated rings. The van der Waals surface area contributed by atoms with Crippen LogP contribution in [0.5, 0.6) is 0 Å². The van der Waals surface area contributed by atoms with Crippen molar-refractivity contribution in [1.82, 2.24) is 8.80 Å². The summed E-state index contributed by atoms with van der Waals surface area (Å²) in [6, 6.07) is 87.2. The Hall–Kier alpha value is -9.38. The highest BCUT2D eigenvalue weighted by molar-refractivity contribution is 6.33. The van der Waals surface area contributed by atoms with Gasteiger partial charge in [-0.3, -0.25) is 0 Å². The van der Waals surface area contributed by atoms with Gasteiger partial charge in [-0.25, -0.2) is 0 Å². The summed E-state index contributed by atoms with van der Waals surface area (Å²) in [4.78, 5) is 5.07. The number of rotatable bonds is 8. The van der Waals surface area contributed by atoms with Crippen LogP contribution in [0.2, 0.25) is 0 Å². The molecule has 4 heterocycles. The third-order valence-electron chi connectivity index (χ3n) is 18.5.